The number of carbonyl (C=O) groups excluding carboxylic acids is 1. The Bertz CT molecular complexity index is 1300. The second-order valence-corrected chi connectivity index (χ2v) is 17.1. The number of quaternary nitrogens is 1. The molecule has 0 aliphatic heterocycles. The van der Waals surface area contributed by atoms with Crippen molar-refractivity contribution in [1.29, 1.82) is 0 Å². The number of allylic oxidation sites excluding steroid dienone is 18. The molecule has 0 amide bonds. The van der Waals surface area contributed by atoms with Crippen LogP contribution in [0.2, 0.25) is 0 Å². The van der Waals surface area contributed by atoms with Crippen LogP contribution >= 0.6 is 7.82 Å². The zero-order valence-electron chi connectivity index (χ0n) is 37.9. The smallest absolute Gasteiger partial charge is 0.457 e. The predicted octanol–water partition coefficient (Wildman–Crippen LogP) is 13.6. The summed E-state index contributed by atoms with van der Waals surface area (Å²) in [5.41, 5.74) is 0. The van der Waals surface area contributed by atoms with Crippen LogP contribution in [0, 0.1) is 0 Å². The zero-order chi connectivity index (χ0) is 43.4. The lowest BCUT2D eigenvalue weighted by Crippen LogP contribution is -2.37. The number of hydrogen-bond donors (Lipinski definition) is 1. The molecule has 0 heterocycles. The van der Waals surface area contributed by atoms with Gasteiger partial charge < -0.3 is 18.9 Å². The van der Waals surface area contributed by atoms with Gasteiger partial charge in [0.2, 0.25) is 0 Å². The quantitative estimate of drug-likeness (QED) is 0.0216. The molecule has 0 aromatic carbocycles. The molecule has 0 saturated carbocycles. The van der Waals surface area contributed by atoms with Crippen molar-refractivity contribution >= 4 is 13.8 Å². The van der Waals surface area contributed by atoms with Crippen LogP contribution in [-0.4, -0.2) is 75.6 Å². The fourth-order valence-corrected chi connectivity index (χ4v) is 6.13. The number of likely N-dealkylation sites (N-methyl/N-ethyl adjacent to an activating group) is 1. The van der Waals surface area contributed by atoms with E-state index in [2.05, 4.69) is 123 Å². The van der Waals surface area contributed by atoms with Crippen LogP contribution in [-0.2, 0) is 27.9 Å². The molecule has 0 saturated heterocycles. The molecule has 59 heavy (non-hydrogen) atoms. The monoisotopic (exact) mass is 843 g/mol. The van der Waals surface area contributed by atoms with Crippen LogP contribution < -0.4 is 0 Å². The van der Waals surface area contributed by atoms with Crippen molar-refractivity contribution < 1.29 is 37.3 Å². The molecule has 0 aliphatic carbocycles. The first-order chi connectivity index (χ1) is 28.6. The van der Waals surface area contributed by atoms with E-state index in [1.807, 2.05) is 21.1 Å². The summed E-state index contributed by atoms with van der Waals surface area (Å²) >= 11 is 0. The van der Waals surface area contributed by atoms with Crippen molar-refractivity contribution in [3.05, 3.63) is 109 Å². The van der Waals surface area contributed by atoms with Gasteiger partial charge in [-0.1, -0.05) is 149 Å². The molecule has 2 atom stereocenters. The van der Waals surface area contributed by atoms with E-state index in [1.165, 1.54) is 0 Å². The Morgan fingerprint density at radius 2 is 0.932 bits per heavy atom. The Balaban J connectivity index is 4.35. The van der Waals surface area contributed by atoms with Gasteiger partial charge in [-0.25, -0.2) is 4.57 Å². The fourth-order valence-electron chi connectivity index (χ4n) is 5.39. The molecule has 1 N–H and O–H groups in total. The molecule has 0 aromatic rings. The van der Waals surface area contributed by atoms with Crippen molar-refractivity contribution in [2.24, 2.45) is 0 Å². The van der Waals surface area contributed by atoms with E-state index in [0.717, 1.165) is 122 Å². The lowest BCUT2D eigenvalue weighted by atomic mass is 10.1. The van der Waals surface area contributed by atoms with Crippen LogP contribution in [0.15, 0.2) is 109 Å². The van der Waals surface area contributed by atoms with Gasteiger partial charge in [0.15, 0.2) is 0 Å². The minimum absolute atomic E-state index is 0.0710. The average Bonchev–Trinajstić information content (AvgIpc) is 3.19. The molecule has 0 rings (SSSR count). The Labute approximate surface area is 361 Å². The van der Waals surface area contributed by atoms with Crippen molar-refractivity contribution in [3.63, 3.8) is 0 Å². The third kappa shape index (κ3) is 46.1. The molecular weight excluding hydrogens is 758 g/mol. The van der Waals surface area contributed by atoms with E-state index in [0.29, 0.717) is 17.6 Å². The molecule has 0 bridgehead atoms. The van der Waals surface area contributed by atoms with Gasteiger partial charge in [0.1, 0.15) is 19.3 Å². The Kier molecular flexibility index (Phi) is 39.9. The van der Waals surface area contributed by atoms with Gasteiger partial charge >= 0.3 is 13.8 Å². The third-order valence-corrected chi connectivity index (χ3v) is 9.81. The van der Waals surface area contributed by atoms with Crippen molar-refractivity contribution in [1.82, 2.24) is 0 Å². The highest BCUT2D eigenvalue weighted by Gasteiger charge is 2.26. The summed E-state index contributed by atoms with van der Waals surface area (Å²) < 4.78 is 35.0. The number of ether oxygens (including phenoxy) is 2. The number of rotatable bonds is 40. The van der Waals surface area contributed by atoms with Gasteiger partial charge in [-0.3, -0.25) is 13.8 Å². The van der Waals surface area contributed by atoms with Crippen molar-refractivity contribution in [2.45, 2.75) is 148 Å². The molecule has 0 fully saturated rings. The highest BCUT2D eigenvalue weighted by atomic mass is 31.2. The predicted molar refractivity (Wildman–Crippen MR) is 251 cm³/mol. The molecule has 0 aliphatic rings. The molecule has 0 spiro atoms. The summed E-state index contributed by atoms with van der Waals surface area (Å²) in [4.78, 5) is 22.9. The SMILES string of the molecule is CC/C=C\C/C=C\C/C=C\C/C=C\C/C=C\CCCCCCOCC(COP(=O)(O)OCC[N+](C)(C)C)OC(=O)CCCCCC/C=C\C/C=C\C/C=C\C/C=C\CC. The minimum atomic E-state index is -4.30. The van der Waals surface area contributed by atoms with Crippen LogP contribution in [0.4, 0.5) is 0 Å². The Hall–Kier alpha value is -2.84. The maximum absolute atomic E-state index is 12.7. The topological polar surface area (TPSA) is 91.3 Å². The molecule has 8 nitrogen and oxygen atoms in total. The third-order valence-electron chi connectivity index (χ3n) is 8.83. The van der Waals surface area contributed by atoms with E-state index in [1.54, 1.807) is 0 Å². The first-order valence-electron chi connectivity index (χ1n) is 22.6. The fraction of sp³-hybridized carbons (Fsp3) is 0.620. The second-order valence-electron chi connectivity index (χ2n) is 15.7. The van der Waals surface area contributed by atoms with Crippen LogP contribution in [0.1, 0.15) is 142 Å². The van der Waals surface area contributed by atoms with Crippen molar-refractivity contribution in [3.8, 4) is 0 Å². The number of esters is 1. The van der Waals surface area contributed by atoms with Crippen molar-refractivity contribution in [2.75, 3.05) is 54.1 Å². The highest BCUT2D eigenvalue weighted by molar-refractivity contribution is 7.47. The summed E-state index contributed by atoms with van der Waals surface area (Å²) in [6, 6.07) is 0. The average molecular weight is 843 g/mol. The lowest BCUT2D eigenvalue weighted by molar-refractivity contribution is -0.870. The molecular formula is C50H85NO7P+. The van der Waals surface area contributed by atoms with E-state index < -0.39 is 13.9 Å². The standard InChI is InChI=1S/C50H84NO7P/c1-6-8-10-12-14-16-18-20-22-24-25-26-28-30-32-34-36-38-40-42-45-55-47-49(48-57-59(53,54)56-46-44-51(3,4)5)58-50(52)43-41-39-37-35-33-31-29-27-23-21-19-17-15-13-11-9-7-2/h8-11,14-17,20-23,25-26,29-32,49H,6-7,12-13,18-19,24,27-28,33-48H2,1-5H3/p+1/b10-8-,11-9-,16-14-,17-15-,22-20-,23-21-,26-25-,31-29-,32-30-. The van der Waals surface area contributed by atoms with Gasteiger partial charge in [-0.2, -0.15) is 0 Å². The van der Waals surface area contributed by atoms with E-state index in [4.69, 9.17) is 18.5 Å². The number of hydrogen-bond acceptors (Lipinski definition) is 6. The Morgan fingerprint density at radius 3 is 1.37 bits per heavy atom. The summed E-state index contributed by atoms with van der Waals surface area (Å²) in [5.74, 6) is -0.352. The van der Waals surface area contributed by atoms with Crippen LogP contribution in [0.3, 0.4) is 0 Å². The van der Waals surface area contributed by atoms with E-state index in [-0.39, 0.29) is 32.2 Å². The highest BCUT2D eigenvalue weighted by Crippen LogP contribution is 2.43. The summed E-state index contributed by atoms with van der Waals surface area (Å²) in [7, 11) is 1.61. The number of phosphoric acid groups is 1. The second kappa shape index (κ2) is 41.9. The first kappa shape index (κ1) is 56.2. The summed E-state index contributed by atoms with van der Waals surface area (Å²) in [5, 5.41) is 0. The first-order valence-corrected chi connectivity index (χ1v) is 24.1. The van der Waals surface area contributed by atoms with Gasteiger partial charge in [-0.15, -0.1) is 0 Å². The van der Waals surface area contributed by atoms with Crippen LogP contribution in [0.25, 0.3) is 0 Å². The maximum Gasteiger partial charge on any atom is 0.472 e. The molecule has 0 radical (unpaired) electrons. The molecule has 2 unspecified atom stereocenters. The summed E-state index contributed by atoms with van der Waals surface area (Å²) in [6.07, 6.45) is 58.4. The number of carbonyl (C=O) groups is 1. The normalized spacial score (nSPS) is 14.7. The Morgan fingerprint density at radius 1 is 0.525 bits per heavy atom. The number of unbranched alkanes of at least 4 members (excludes halogenated alkanes) is 8. The van der Waals surface area contributed by atoms with Gasteiger partial charge in [0.05, 0.1) is 34.4 Å². The van der Waals surface area contributed by atoms with Gasteiger partial charge in [0.25, 0.3) is 0 Å². The molecule has 0 aromatic heterocycles. The van der Waals surface area contributed by atoms with Crippen LogP contribution in [0.5, 0.6) is 0 Å². The minimum Gasteiger partial charge on any atom is -0.457 e. The van der Waals surface area contributed by atoms with Gasteiger partial charge in [-0.05, 0) is 96.3 Å². The lowest BCUT2D eigenvalue weighted by Gasteiger charge is -2.24. The molecule has 336 valence electrons. The number of phosphoric ester groups is 1. The van der Waals surface area contributed by atoms with E-state index >= 15 is 0 Å². The largest absolute Gasteiger partial charge is 0.472 e. The number of nitrogens with zero attached hydrogens (tertiary/aromatic N) is 1. The molecule has 9 heteroatoms. The summed E-state index contributed by atoms with van der Waals surface area (Å²) in [6.45, 7) is 5.26. The zero-order valence-corrected chi connectivity index (χ0v) is 38.8. The maximum atomic E-state index is 12.7. The van der Waals surface area contributed by atoms with E-state index in [9.17, 15) is 14.3 Å². The van der Waals surface area contributed by atoms with Gasteiger partial charge in [0, 0.05) is 13.0 Å².